The Bertz CT molecular complexity index is 212. The summed E-state index contributed by atoms with van der Waals surface area (Å²) < 4.78 is 0. The lowest BCUT2D eigenvalue weighted by Gasteiger charge is -2.20. The minimum atomic E-state index is 0.0663. The number of carbonyl (C=O) groups is 1. The molecule has 0 aliphatic heterocycles. The summed E-state index contributed by atoms with van der Waals surface area (Å²) in [6.07, 6.45) is 2.41. The van der Waals surface area contributed by atoms with Crippen molar-refractivity contribution < 1.29 is 9.90 Å². The van der Waals surface area contributed by atoms with Crippen LogP contribution in [0, 0.1) is 5.92 Å². The van der Waals surface area contributed by atoms with Crippen molar-refractivity contribution in [3.63, 3.8) is 0 Å². The van der Waals surface area contributed by atoms with Crippen LogP contribution in [0.3, 0.4) is 0 Å². The van der Waals surface area contributed by atoms with E-state index in [9.17, 15) is 4.79 Å². The highest BCUT2D eigenvalue weighted by Crippen LogP contribution is 2.02. The maximum absolute atomic E-state index is 11.4. The van der Waals surface area contributed by atoms with Crippen LogP contribution in [0.15, 0.2) is 0 Å². The van der Waals surface area contributed by atoms with Gasteiger partial charge in [0.25, 0.3) is 0 Å². The fourth-order valence-electron chi connectivity index (χ4n) is 1.41. The Hall–Kier alpha value is -0.610. The van der Waals surface area contributed by atoms with Gasteiger partial charge in [-0.3, -0.25) is 4.79 Å². The van der Waals surface area contributed by atoms with Crippen LogP contribution >= 0.6 is 0 Å². The standard InChI is InChI=1S/C13H28N2O2/c1-11(10-16)6-5-8-14-12(17)7-9-15-13(2,3)4/h11,15-16H,5-10H2,1-4H3,(H,14,17). The predicted molar refractivity (Wildman–Crippen MR) is 70.9 cm³/mol. The first kappa shape index (κ1) is 16.4. The Labute approximate surface area is 105 Å². The molecule has 0 bridgehead atoms. The van der Waals surface area contributed by atoms with Crippen molar-refractivity contribution in [2.45, 2.75) is 52.5 Å². The highest BCUT2D eigenvalue weighted by molar-refractivity contribution is 5.75. The van der Waals surface area contributed by atoms with Crippen molar-refractivity contribution >= 4 is 5.91 Å². The lowest BCUT2D eigenvalue weighted by atomic mass is 10.1. The Morgan fingerprint density at radius 2 is 1.94 bits per heavy atom. The third-order valence-corrected chi connectivity index (χ3v) is 2.51. The van der Waals surface area contributed by atoms with Gasteiger partial charge in [0, 0.05) is 31.7 Å². The lowest BCUT2D eigenvalue weighted by Crippen LogP contribution is -2.38. The van der Waals surface area contributed by atoms with Crippen LogP contribution < -0.4 is 10.6 Å². The van der Waals surface area contributed by atoms with Crippen molar-refractivity contribution in [2.75, 3.05) is 19.7 Å². The summed E-state index contributed by atoms with van der Waals surface area (Å²) in [6, 6.07) is 0. The quantitative estimate of drug-likeness (QED) is 0.564. The Morgan fingerprint density at radius 3 is 2.47 bits per heavy atom. The van der Waals surface area contributed by atoms with Gasteiger partial charge in [-0.05, 0) is 39.5 Å². The van der Waals surface area contributed by atoms with Gasteiger partial charge in [-0.2, -0.15) is 0 Å². The number of aliphatic hydroxyl groups is 1. The van der Waals surface area contributed by atoms with Crippen molar-refractivity contribution in [1.29, 1.82) is 0 Å². The van der Waals surface area contributed by atoms with Gasteiger partial charge >= 0.3 is 0 Å². The molecule has 0 aliphatic carbocycles. The van der Waals surface area contributed by atoms with E-state index in [-0.39, 0.29) is 18.1 Å². The van der Waals surface area contributed by atoms with E-state index in [4.69, 9.17) is 5.11 Å². The first-order chi connectivity index (χ1) is 7.85. The maximum atomic E-state index is 11.4. The molecule has 1 unspecified atom stereocenters. The second kappa shape index (κ2) is 8.48. The van der Waals surface area contributed by atoms with E-state index in [0.29, 0.717) is 25.4 Å². The normalized spacial score (nSPS) is 13.5. The summed E-state index contributed by atoms with van der Waals surface area (Å²) in [5, 5.41) is 15.0. The molecule has 17 heavy (non-hydrogen) atoms. The van der Waals surface area contributed by atoms with Crippen molar-refractivity contribution in [3.8, 4) is 0 Å². The molecular formula is C13H28N2O2. The molecule has 0 aliphatic rings. The highest BCUT2D eigenvalue weighted by Gasteiger charge is 2.09. The van der Waals surface area contributed by atoms with Gasteiger partial charge in [0.1, 0.15) is 0 Å². The molecule has 0 saturated heterocycles. The van der Waals surface area contributed by atoms with E-state index >= 15 is 0 Å². The second-order valence-corrected chi connectivity index (χ2v) is 5.71. The molecule has 0 rings (SSSR count). The summed E-state index contributed by atoms with van der Waals surface area (Å²) in [7, 11) is 0. The van der Waals surface area contributed by atoms with E-state index < -0.39 is 0 Å². The minimum absolute atomic E-state index is 0.0663. The van der Waals surface area contributed by atoms with Crippen molar-refractivity contribution in [3.05, 3.63) is 0 Å². The van der Waals surface area contributed by atoms with E-state index in [0.717, 1.165) is 12.8 Å². The van der Waals surface area contributed by atoms with E-state index in [2.05, 4.69) is 31.4 Å². The summed E-state index contributed by atoms with van der Waals surface area (Å²) in [5.74, 6) is 0.424. The fraction of sp³-hybridized carbons (Fsp3) is 0.923. The minimum Gasteiger partial charge on any atom is -0.396 e. The van der Waals surface area contributed by atoms with Gasteiger partial charge in [0.2, 0.25) is 5.91 Å². The number of nitrogens with one attached hydrogen (secondary N) is 2. The van der Waals surface area contributed by atoms with Gasteiger partial charge in [-0.1, -0.05) is 6.92 Å². The first-order valence-corrected chi connectivity index (χ1v) is 6.47. The molecule has 102 valence electrons. The fourth-order valence-corrected chi connectivity index (χ4v) is 1.41. The SMILES string of the molecule is CC(CO)CCCNC(=O)CCNC(C)(C)C. The number of aliphatic hydroxyl groups excluding tert-OH is 1. The Morgan fingerprint density at radius 1 is 1.29 bits per heavy atom. The van der Waals surface area contributed by atoms with E-state index in [1.807, 2.05) is 6.92 Å². The molecule has 1 amide bonds. The zero-order chi connectivity index (χ0) is 13.3. The Kier molecular flexibility index (Phi) is 8.17. The maximum Gasteiger partial charge on any atom is 0.221 e. The number of hydrogen-bond donors (Lipinski definition) is 3. The van der Waals surface area contributed by atoms with Crippen molar-refractivity contribution in [1.82, 2.24) is 10.6 Å². The van der Waals surface area contributed by atoms with Crippen LogP contribution in [0.4, 0.5) is 0 Å². The van der Waals surface area contributed by atoms with E-state index in [1.54, 1.807) is 0 Å². The van der Waals surface area contributed by atoms with Crippen LogP contribution in [-0.4, -0.2) is 36.2 Å². The average molecular weight is 244 g/mol. The molecule has 0 spiro atoms. The Balaban J connectivity index is 3.41. The molecule has 4 nitrogen and oxygen atoms in total. The monoisotopic (exact) mass is 244 g/mol. The molecular weight excluding hydrogens is 216 g/mol. The third kappa shape index (κ3) is 11.6. The predicted octanol–water partition coefficient (Wildman–Crippen LogP) is 1.29. The van der Waals surface area contributed by atoms with Gasteiger partial charge in [-0.25, -0.2) is 0 Å². The zero-order valence-corrected chi connectivity index (χ0v) is 11.7. The number of amides is 1. The number of hydrogen-bond acceptors (Lipinski definition) is 3. The molecule has 3 N–H and O–H groups in total. The zero-order valence-electron chi connectivity index (χ0n) is 11.7. The summed E-state index contributed by atoms with van der Waals surface area (Å²) in [6.45, 7) is 9.91. The first-order valence-electron chi connectivity index (χ1n) is 6.47. The van der Waals surface area contributed by atoms with Gasteiger partial charge in [0.05, 0.1) is 0 Å². The van der Waals surface area contributed by atoms with Crippen LogP contribution in [0.1, 0.15) is 47.0 Å². The van der Waals surface area contributed by atoms with Crippen LogP contribution in [-0.2, 0) is 4.79 Å². The average Bonchev–Trinajstić information content (AvgIpc) is 2.22. The number of rotatable bonds is 8. The van der Waals surface area contributed by atoms with Gasteiger partial charge in [0.15, 0.2) is 0 Å². The van der Waals surface area contributed by atoms with Crippen molar-refractivity contribution in [2.24, 2.45) is 5.92 Å². The van der Waals surface area contributed by atoms with Crippen LogP contribution in [0.25, 0.3) is 0 Å². The molecule has 0 aromatic rings. The molecule has 0 saturated carbocycles. The molecule has 0 radical (unpaired) electrons. The lowest BCUT2D eigenvalue weighted by molar-refractivity contribution is -0.121. The molecule has 0 fully saturated rings. The molecule has 4 heteroatoms. The topological polar surface area (TPSA) is 61.4 Å². The largest absolute Gasteiger partial charge is 0.396 e. The highest BCUT2D eigenvalue weighted by atomic mass is 16.3. The molecule has 0 aromatic heterocycles. The van der Waals surface area contributed by atoms with Crippen LogP contribution in [0.2, 0.25) is 0 Å². The summed E-state index contributed by atoms with van der Waals surface area (Å²) >= 11 is 0. The number of carbonyl (C=O) groups excluding carboxylic acids is 1. The van der Waals surface area contributed by atoms with Gasteiger partial charge < -0.3 is 15.7 Å². The third-order valence-electron chi connectivity index (χ3n) is 2.51. The molecule has 0 heterocycles. The molecule has 0 aromatic carbocycles. The second-order valence-electron chi connectivity index (χ2n) is 5.71. The summed E-state index contributed by atoms with van der Waals surface area (Å²) in [5.41, 5.74) is 0.0663. The smallest absolute Gasteiger partial charge is 0.221 e. The summed E-state index contributed by atoms with van der Waals surface area (Å²) in [4.78, 5) is 11.4. The van der Waals surface area contributed by atoms with E-state index in [1.165, 1.54) is 0 Å². The van der Waals surface area contributed by atoms with Crippen LogP contribution in [0.5, 0.6) is 0 Å². The molecule has 1 atom stereocenters. The van der Waals surface area contributed by atoms with Gasteiger partial charge in [-0.15, -0.1) is 0 Å².